The van der Waals surface area contributed by atoms with Crippen molar-refractivity contribution in [2.75, 3.05) is 5.32 Å². The number of anilines is 2. The van der Waals surface area contributed by atoms with Crippen LogP contribution in [0.1, 0.15) is 19.4 Å². The number of halogens is 2. The minimum Gasteiger partial charge on any atom is -0.492 e. The molecule has 0 aliphatic heterocycles. The van der Waals surface area contributed by atoms with Gasteiger partial charge >= 0.3 is 0 Å². The molecule has 1 heterocycles. The SMILES string of the molecule is CC(C)NC(=N)c1c(O)nsc1Nc1ccc(Oc2cc(F)ccc2Cl)cc1. The smallest absolute Gasteiger partial charge is 0.236 e. The van der Waals surface area contributed by atoms with Crippen LogP contribution in [0.5, 0.6) is 17.4 Å². The van der Waals surface area contributed by atoms with E-state index in [0.29, 0.717) is 27.0 Å². The normalized spacial score (nSPS) is 10.8. The van der Waals surface area contributed by atoms with Crippen LogP contribution < -0.4 is 15.4 Å². The first-order chi connectivity index (χ1) is 13.3. The molecule has 4 N–H and O–H groups in total. The first-order valence-electron chi connectivity index (χ1n) is 8.37. The third-order valence-electron chi connectivity index (χ3n) is 3.59. The Labute approximate surface area is 170 Å². The molecule has 0 spiro atoms. The molecule has 6 nitrogen and oxygen atoms in total. The summed E-state index contributed by atoms with van der Waals surface area (Å²) in [6, 6.07) is 10.9. The van der Waals surface area contributed by atoms with Gasteiger partial charge < -0.3 is 20.5 Å². The zero-order valence-corrected chi connectivity index (χ0v) is 16.7. The van der Waals surface area contributed by atoms with E-state index in [1.807, 2.05) is 13.8 Å². The number of hydrogen-bond acceptors (Lipinski definition) is 6. The maximum absolute atomic E-state index is 13.3. The molecular weight excluding hydrogens is 403 g/mol. The Morgan fingerprint density at radius 2 is 1.96 bits per heavy atom. The van der Waals surface area contributed by atoms with Crippen molar-refractivity contribution in [2.24, 2.45) is 0 Å². The third-order valence-corrected chi connectivity index (χ3v) is 4.66. The Balaban J connectivity index is 1.75. The molecule has 0 aliphatic carbocycles. The molecule has 0 atom stereocenters. The fraction of sp³-hybridized carbons (Fsp3) is 0.158. The van der Waals surface area contributed by atoms with Gasteiger partial charge in [-0.2, -0.15) is 4.37 Å². The van der Waals surface area contributed by atoms with Gasteiger partial charge in [0.05, 0.1) is 5.02 Å². The van der Waals surface area contributed by atoms with Gasteiger partial charge in [0.2, 0.25) is 5.88 Å². The largest absolute Gasteiger partial charge is 0.492 e. The Morgan fingerprint density at radius 1 is 1.25 bits per heavy atom. The van der Waals surface area contributed by atoms with Gasteiger partial charge in [-0.1, -0.05) is 11.6 Å². The Kier molecular flexibility index (Phi) is 6.01. The van der Waals surface area contributed by atoms with Crippen LogP contribution in [0.3, 0.4) is 0 Å². The van der Waals surface area contributed by atoms with E-state index in [-0.39, 0.29) is 23.5 Å². The van der Waals surface area contributed by atoms with Crippen LogP contribution >= 0.6 is 23.1 Å². The summed E-state index contributed by atoms with van der Waals surface area (Å²) in [4.78, 5) is 0. The molecule has 0 saturated heterocycles. The molecule has 3 aromatic rings. The van der Waals surface area contributed by atoms with Gasteiger partial charge in [0.25, 0.3) is 0 Å². The Morgan fingerprint density at radius 3 is 2.64 bits per heavy atom. The standard InChI is InChI=1S/C19H18ClFN4O2S/c1-10(2)23-17(22)16-18(26)25-28-19(16)24-12-4-6-13(7-5-12)27-15-9-11(21)3-8-14(15)20/h3-10,24H,1-2H3,(H2,22,23)(H,25,26). The average Bonchev–Trinajstić information content (AvgIpc) is 2.99. The van der Waals surface area contributed by atoms with Gasteiger partial charge in [0.15, 0.2) is 0 Å². The summed E-state index contributed by atoms with van der Waals surface area (Å²) in [5, 5.41) is 25.0. The number of benzene rings is 2. The Bertz CT molecular complexity index is 992. The van der Waals surface area contributed by atoms with Crippen molar-refractivity contribution in [2.45, 2.75) is 19.9 Å². The number of nitrogens with zero attached hydrogens (tertiary/aromatic N) is 1. The van der Waals surface area contributed by atoms with Crippen LogP contribution in [0.15, 0.2) is 42.5 Å². The number of aromatic nitrogens is 1. The predicted octanol–water partition coefficient (Wildman–Crippen LogP) is 5.50. The van der Waals surface area contributed by atoms with Crippen molar-refractivity contribution in [3.63, 3.8) is 0 Å². The second kappa shape index (κ2) is 8.45. The number of nitrogens with one attached hydrogen (secondary N) is 3. The zero-order valence-electron chi connectivity index (χ0n) is 15.1. The summed E-state index contributed by atoms with van der Waals surface area (Å²) in [5.74, 6) is 0.161. The molecular formula is C19H18ClFN4O2S. The predicted molar refractivity (Wildman–Crippen MR) is 110 cm³/mol. The van der Waals surface area contributed by atoms with E-state index in [9.17, 15) is 9.50 Å². The molecule has 28 heavy (non-hydrogen) atoms. The van der Waals surface area contributed by atoms with Crippen LogP contribution in [-0.2, 0) is 0 Å². The number of hydrogen-bond donors (Lipinski definition) is 4. The fourth-order valence-corrected chi connectivity index (χ4v) is 3.25. The number of aromatic hydroxyl groups is 1. The monoisotopic (exact) mass is 420 g/mol. The van der Waals surface area contributed by atoms with Crippen molar-refractivity contribution in [1.29, 1.82) is 5.41 Å². The highest BCUT2D eigenvalue weighted by atomic mass is 35.5. The number of amidine groups is 1. The summed E-state index contributed by atoms with van der Waals surface area (Å²) in [7, 11) is 0. The summed E-state index contributed by atoms with van der Waals surface area (Å²) in [6.45, 7) is 3.81. The van der Waals surface area contributed by atoms with Gasteiger partial charge in [-0.05, 0) is 61.8 Å². The van der Waals surface area contributed by atoms with E-state index >= 15 is 0 Å². The molecule has 9 heteroatoms. The molecule has 0 saturated carbocycles. The van der Waals surface area contributed by atoms with Crippen molar-refractivity contribution in [3.8, 4) is 17.4 Å². The van der Waals surface area contributed by atoms with Crippen molar-refractivity contribution < 1.29 is 14.2 Å². The lowest BCUT2D eigenvalue weighted by Gasteiger charge is -2.13. The quantitative estimate of drug-likeness (QED) is 0.312. The molecule has 0 fully saturated rings. The second-order valence-corrected chi connectivity index (χ2v) is 7.39. The lowest BCUT2D eigenvalue weighted by molar-refractivity contribution is 0.458. The first kappa shape index (κ1) is 19.9. The van der Waals surface area contributed by atoms with Crippen LogP contribution in [0.2, 0.25) is 5.02 Å². The van der Waals surface area contributed by atoms with E-state index in [0.717, 1.165) is 11.5 Å². The first-order valence-corrected chi connectivity index (χ1v) is 9.52. The van der Waals surface area contributed by atoms with Crippen LogP contribution in [-0.4, -0.2) is 21.4 Å². The van der Waals surface area contributed by atoms with Gasteiger partial charge in [0, 0.05) is 17.8 Å². The average molecular weight is 421 g/mol. The second-order valence-electron chi connectivity index (χ2n) is 6.21. The van der Waals surface area contributed by atoms with E-state index < -0.39 is 5.82 Å². The highest BCUT2D eigenvalue weighted by Crippen LogP contribution is 2.34. The van der Waals surface area contributed by atoms with E-state index in [4.69, 9.17) is 21.7 Å². The molecule has 1 aromatic heterocycles. The minimum absolute atomic E-state index is 0.0470. The maximum Gasteiger partial charge on any atom is 0.236 e. The molecule has 2 aromatic carbocycles. The van der Waals surface area contributed by atoms with Crippen molar-refractivity contribution >= 4 is 39.7 Å². The molecule has 3 rings (SSSR count). The molecule has 0 radical (unpaired) electrons. The molecule has 0 aliphatic rings. The minimum atomic E-state index is -0.437. The summed E-state index contributed by atoms with van der Waals surface area (Å²) in [5.41, 5.74) is 1.02. The van der Waals surface area contributed by atoms with Gasteiger partial charge in [-0.15, -0.1) is 0 Å². The zero-order chi connectivity index (χ0) is 20.3. The lowest BCUT2D eigenvalue weighted by Crippen LogP contribution is -2.30. The van der Waals surface area contributed by atoms with Crippen LogP contribution in [0, 0.1) is 11.2 Å². The number of rotatable bonds is 6. The lowest BCUT2D eigenvalue weighted by atomic mass is 10.2. The molecule has 0 bridgehead atoms. The van der Waals surface area contributed by atoms with E-state index in [2.05, 4.69) is 15.0 Å². The molecule has 146 valence electrons. The summed E-state index contributed by atoms with van der Waals surface area (Å²) in [6.07, 6.45) is 0. The Hall–Kier alpha value is -2.84. The summed E-state index contributed by atoms with van der Waals surface area (Å²) < 4.78 is 22.9. The topological polar surface area (TPSA) is 90.3 Å². The summed E-state index contributed by atoms with van der Waals surface area (Å²) >= 11 is 7.07. The number of ether oxygens (including phenoxy) is 1. The highest BCUT2D eigenvalue weighted by molar-refractivity contribution is 7.11. The van der Waals surface area contributed by atoms with Crippen LogP contribution in [0.4, 0.5) is 15.1 Å². The molecule has 0 amide bonds. The van der Waals surface area contributed by atoms with Gasteiger partial charge in [0.1, 0.15) is 33.7 Å². The fourth-order valence-electron chi connectivity index (χ4n) is 2.37. The molecule has 0 unspecified atom stereocenters. The van der Waals surface area contributed by atoms with Gasteiger partial charge in [-0.3, -0.25) is 5.41 Å². The maximum atomic E-state index is 13.3. The highest BCUT2D eigenvalue weighted by Gasteiger charge is 2.18. The van der Waals surface area contributed by atoms with E-state index in [1.165, 1.54) is 18.2 Å². The van der Waals surface area contributed by atoms with Gasteiger partial charge in [-0.25, -0.2) is 4.39 Å². The van der Waals surface area contributed by atoms with Crippen LogP contribution in [0.25, 0.3) is 0 Å². The van der Waals surface area contributed by atoms with Crippen molar-refractivity contribution in [1.82, 2.24) is 9.69 Å². The third kappa shape index (κ3) is 4.71. The van der Waals surface area contributed by atoms with Crippen molar-refractivity contribution in [3.05, 3.63) is 58.9 Å². The van der Waals surface area contributed by atoms with E-state index in [1.54, 1.807) is 24.3 Å².